The maximum atomic E-state index is 12.5. The first-order valence-electron chi connectivity index (χ1n) is 9.48. The molecule has 0 bridgehead atoms. The van der Waals surface area contributed by atoms with Gasteiger partial charge in [0.25, 0.3) is 5.91 Å². The number of hydrogen-bond acceptors (Lipinski definition) is 3. The second-order valence-electron chi connectivity index (χ2n) is 7.22. The molecule has 154 valence electrons. The Balaban J connectivity index is 1.57. The molecule has 4 nitrogen and oxygen atoms in total. The van der Waals surface area contributed by atoms with E-state index in [0.717, 1.165) is 33.9 Å². The van der Waals surface area contributed by atoms with E-state index in [1.807, 2.05) is 55.5 Å². The molecule has 1 saturated heterocycles. The molecule has 0 saturated carbocycles. The van der Waals surface area contributed by atoms with Gasteiger partial charge in [0, 0.05) is 32.8 Å². The lowest BCUT2D eigenvalue weighted by atomic mass is 10.2. The molecule has 1 aliphatic rings. The van der Waals surface area contributed by atoms with Crippen LogP contribution in [-0.4, -0.2) is 16.0 Å². The maximum Gasteiger partial charge on any atom is 0.260 e. The highest BCUT2D eigenvalue weighted by Gasteiger charge is 2.28. The predicted molar refractivity (Wildman–Crippen MR) is 128 cm³/mol. The second kappa shape index (κ2) is 8.42. The number of carbonyl (C=O) groups is 1. The number of amides is 1. The first-order valence-corrected chi connectivity index (χ1v) is 11.1. The molecule has 1 fully saturated rings. The molecule has 0 aliphatic carbocycles. The van der Waals surface area contributed by atoms with Crippen molar-refractivity contribution in [2.24, 2.45) is 0 Å². The highest BCUT2D eigenvalue weighted by Crippen LogP contribution is 2.33. The Morgan fingerprint density at radius 2 is 1.73 bits per heavy atom. The summed E-state index contributed by atoms with van der Waals surface area (Å²) in [7, 11) is 0. The number of anilines is 1. The van der Waals surface area contributed by atoms with Crippen molar-refractivity contribution >= 4 is 52.6 Å². The van der Waals surface area contributed by atoms with Crippen LogP contribution in [-0.2, 0) is 4.79 Å². The molecule has 3 aromatic rings. The lowest BCUT2D eigenvalue weighted by Gasteiger charge is -2.15. The lowest BCUT2D eigenvalue weighted by molar-refractivity contribution is -0.116. The number of thioether (sulfide) groups is 1. The number of aryl methyl sites for hydroxylation is 2. The van der Waals surface area contributed by atoms with E-state index < -0.39 is 0 Å². The van der Waals surface area contributed by atoms with Crippen molar-refractivity contribution in [2.45, 2.75) is 26.3 Å². The third-order valence-corrected chi connectivity index (χ3v) is 6.56. The van der Waals surface area contributed by atoms with Crippen LogP contribution >= 0.6 is 35.0 Å². The average molecular weight is 458 g/mol. The van der Waals surface area contributed by atoms with Crippen LogP contribution in [0.25, 0.3) is 11.8 Å². The number of rotatable bonds is 4. The van der Waals surface area contributed by atoms with Gasteiger partial charge in [-0.3, -0.25) is 4.79 Å². The number of hydrogen-bond donors (Lipinski definition) is 2. The molecule has 0 spiro atoms. The summed E-state index contributed by atoms with van der Waals surface area (Å²) in [5, 5.41) is 7.74. The highest BCUT2D eigenvalue weighted by molar-refractivity contribution is 8.05. The molecule has 2 N–H and O–H groups in total. The zero-order valence-corrected chi connectivity index (χ0v) is 19.1. The van der Waals surface area contributed by atoms with Crippen molar-refractivity contribution in [3.63, 3.8) is 0 Å². The minimum absolute atomic E-state index is 0.0830. The van der Waals surface area contributed by atoms with E-state index in [4.69, 9.17) is 23.2 Å². The van der Waals surface area contributed by atoms with Crippen LogP contribution in [0.4, 0.5) is 5.69 Å². The number of aromatic nitrogens is 1. The molecular weight excluding hydrogens is 437 g/mol. The van der Waals surface area contributed by atoms with Crippen LogP contribution in [0.3, 0.4) is 0 Å². The summed E-state index contributed by atoms with van der Waals surface area (Å²) in [5.41, 5.74) is 5.96. The van der Waals surface area contributed by atoms with E-state index in [1.165, 1.54) is 11.8 Å². The van der Waals surface area contributed by atoms with Crippen LogP contribution in [0.2, 0.25) is 10.0 Å². The van der Waals surface area contributed by atoms with Gasteiger partial charge in [-0.1, -0.05) is 35.0 Å². The molecule has 1 aromatic heterocycles. The predicted octanol–water partition coefficient (Wildman–Crippen LogP) is 6.31. The standard InChI is InChI=1S/C23H21Cl2N3OS/c1-13-10-18(25)6-9-20(13)26-23-27-22(29)21(30-23)12-16-11-14(2)28(15(16)3)19-7-4-17(24)5-8-19/h4-12,23,26H,1-3H3,(H,27,29)/b21-12-. The van der Waals surface area contributed by atoms with Crippen LogP contribution in [0.1, 0.15) is 22.5 Å². The molecule has 1 atom stereocenters. The first kappa shape index (κ1) is 20.9. The summed E-state index contributed by atoms with van der Waals surface area (Å²) in [5.74, 6) is -0.0830. The summed E-state index contributed by atoms with van der Waals surface area (Å²) in [6.07, 6.45) is 1.95. The van der Waals surface area contributed by atoms with Crippen LogP contribution in [0.15, 0.2) is 53.4 Å². The molecule has 1 aliphatic heterocycles. The van der Waals surface area contributed by atoms with Crippen molar-refractivity contribution in [2.75, 3.05) is 5.32 Å². The van der Waals surface area contributed by atoms with Gasteiger partial charge in [-0.2, -0.15) is 0 Å². The monoisotopic (exact) mass is 457 g/mol. The minimum Gasteiger partial charge on any atom is -0.356 e. The van der Waals surface area contributed by atoms with Crippen molar-refractivity contribution in [1.82, 2.24) is 9.88 Å². The van der Waals surface area contributed by atoms with E-state index in [9.17, 15) is 4.79 Å². The van der Waals surface area contributed by atoms with Gasteiger partial charge in [0.2, 0.25) is 0 Å². The van der Waals surface area contributed by atoms with Gasteiger partial charge < -0.3 is 15.2 Å². The first-order chi connectivity index (χ1) is 14.3. The Morgan fingerprint density at radius 3 is 2.43 bits per heavy atom. The Bertz CT molecular complexity index is 1150. The van der Waals surface area contributed by atoms with E-state index >= 15 is 0 Å². The van der Waals surface area contributed by atoms with Crippen molar-refractivity contribution in [1.29, 1.82) is 0 Å². The molecule has 4 rings (SSSR count). The number of carbonyl (C=O) groups excluding carboxylic acids is 1. The molecule has 0 radical (unpaired) electrons. The van der Waals surface area contributed by atoms with Crippen LogP contribution < -0.4 is 10.6 Å². The SMILES string of the molecule is Cc1cc(Cl)ccc1NC1NC(=O)/C(=C/c2cc(C)n(-c3ccc(Cl)cc3)c2C)S1. The number of halogens is 2. The quantitative estimate of drug-likeness (QED) is 0.451. The van der Waals surface area contributed by atoms with Gasteiger partial charge in [-0.15, -0.1) is 0 Å². The van der Waals surface area contributed by atoms with E-state index in [-0.39, 0.29) is 11.4 Å². The fourth-order valence-electron chi connectivity index (χ4n) is 3.56. The zero-order valence-electron chi connectivity index (χ0n) is 16.8. The molecule has 1 amide bonds. The van der Waals surface area contributed by atoms with Gasteiger partial charge in [-0.25, -0.2) is 0 Å². The van der Waals surface area contributed by atoms with Crippen LogP contribution in [0, 0.1) is 20.8 Å². The van der Waals surface area contributed by atoms with Crippen molar-refractivity contribution < 1.29 is 4.79 Å². The fraction of sp³-hybridized carbons (Fsp3) is 0.174. The van der Waals surface area contributed by atoms with Crippen molar-refractivity contribution in [3.05, 3.63) is 86.0 Å². The molecule has 2 heterocycles. The molecule has 30 heavy (non-hydrogen) atoms. The van der Waals surface area contributed by atoms with E-state index in [2.05, 4.69) is 35.1 Å². The third-order valence-electron chi connectivity index (χ3n) is 5.05. The number of nitrogens with zero attached hydrogens (tertiary/aromatic N) is 1. The minimum atomic E-state index is -0.233. The van der Waals surface area contributed by atoms with E-state index in [1.54, 1.807) is 0 Å². The van der Waals surface area contributed by atoms with Gasteiger partial charge >= 0.3 is 0 Å². The summed E-state index contributed by atoms with van der Waals surface area (Å²) in [6.45, 7) is 6.09. The zero-order chi connectivity index (χ0) is 21.4. The summed E-state index contributed by atoms with van der Waals surface area (Å²) in [4.78, 5) is 13.2. The van der Waals surface area contributed by atoms with Gasteiger partial charge in [0.15, 0.2) is 5.50 Å². The Kier molecular flexibility index (Phi) is 5.87. The van der Waals surface area contributed by atoms with E-state index in [0.29, 0.717) is 15.0 Å². The topological polar surface area (TPSA) is 46.1 Å². The molecular formula is C23H21Cl2N3OS. The average Bonchev–Trinajstić information content (AvgIpc) is 3.17. The third kappa shape index (κ3) is 4.24. The highest BCUT2D eigenvalue weighted by atomic mass is 35.5. The summed E-state index contributed by atoms with van der Waals surface area (Å²) >= 11 is 13.5. The number of nitrogens with one attached hydrogen (secondary N) is 2. The molecule has 2 aromatic carbocycles. The second-order valence-corrected chi connectivity index (χ2v) is 9.24. The van der Waals surface area contributed by atoms with Gasteiger partial charge in [0.1, 0.15) is 0 Å². The normalized spacial score (nSPS) is 17.4. The molecule has 1 unspecified atom stereocenters. The van der Waals surface area contributed by atoms with Gasteiger partial charge in [-0.05, 0) is 86.5 Å². The largest absolute Gasteiger partial charge is 0.356 e. The van der Waals surface area contributed by atoms with Crippen molar-refractivity contribution in [3.8, 4) is 5.69 Å². The van der Waals surface area contributed by atoms with Crippen LogP contribution in [0.5, 0.6) is 0 Å². The Hall–Kier alpha value is -2.34. The Morgan fingerprint density at radius 1 is 1.03 bits per heavy atom. The lowest BCUT2D eigenvalue weighted by Crippen LogP contribution is -2.31. The Labute approximate surface area is 190 Å². The number of benzene rings is 2. The maximum absolute atomic E-state index is 12.5. The summed E-state index contributed by atoms with van der Waals surface area (Å²) < 4.78 is 2.16. The smallest absolute Gasteiger partial charge is 0.260 e. The molecule has 7 heteroatoms. The van der Waals surface area contributed by atoms with Gasteiger partial charge in [0.05, 0.1) is 4.91 Å². The summed E-state index contributed by atoms with van der Waals surface area (Å²) in [6, 6.07) is 15.5. The fourth-order valence-corrected chi connectivity index (χ4v) is 4.88.